The molecule has 1 unspecified atom stereocenters. The molecule has 0 radical (unpaired) electrons. The smallest absolute Gasteiger partial charge is 0.0760 e. The Labute approximate surface area is 105 Å². The second kappa shape index (κ2) is 7.86. The normalized spacial score (nSPS) is 14.2. The fourth-order valence-electron chi connectivity index (χ4n) is 1.41. The van der Waals surface area contributed by atoms with Crippen molar-refractivity contribution in [1.82, 2.24) is 0 Å². The molecule has 0 aliphatic heterocycles. The zero-order valence-corrected chi connectivity index (χ0v) is 11.0. The maximum absolute atomic E-state index is 5.81. The third kappa shape index (κ3) is 5.50. The van der Waals surface area contributed by atoms with E-state index in [0.717, 1.165) is 6.42 Å². The van der Waals surface area contributed by atoms with Gasteiger partial charge >= 0.3 is 0 Å². The minimum absolute atomic E-state index is 0.199. The summed E-state index contributed by atoms with van der Waals surface area (Å²) in [5, 5.41) is 0. The van der Waals surface area contributed by atoms with Crippen LogP contribution in [0.1, 0.15) is 32.8 Å². The molecule has 0 aliphatic carbocycles. The number of ether oxygens (including phenoxy) is 1. The van der Waals surface area contributed by atoms with Crippen LogP contribution < -0.4 is 0 Å². The minimum Gasteiger partial charge on any atom is -0.370 e. The number of allylic oxidation sites excluding steroid dienone is 1. The lowest BCUT2D eigenvalue weighted by molar-refractivity contribution is 0.102. The van der Waals surface area contributed by atoms with Gasteiger partial charge in [-0.2, -0.15) is 0 Å². The molecule has 0 aromatic heterocycles. The second-order valence-corrected chi connectivity index (χ2v) is 4.16. The molecule has 1 rings (SSSR count). The molecular formula is C16H22O. The molecule has 1 aromatic rings. The molecule has 1 nitrogen and oxygen atoms in total. The van der Waals surface area contributed by atoms with Crippen molar-refractivity contribution >= 4 is 6.08 Å². The molecule has 0 bridgehead atoms. The largest absolute Gasteiger partial charge is 0.370 e. The minimum atomic E-state index is 0.199. The first-order valence-corrected chi connectivity index (χ1v) is 6.23. The summed E-state index contributed by atoms with van der Waals surface area (Å²) in [6, 6.07) is 10.3. The monoisotopic (exact) mass is 230 g/mol. The predicted molar refractivity (Wildman–Crippen MR) is 74.9 cm³/mol. The van der Waals surface area contributed by atoms with Gasteiger partial charge in [0.1, 0.15) is 0 Å². The second-order valence-electron chi connectivity index (χ2n) is 4.16. The van der Waals surface area contributed by atoms with Crippen LogP contribution in [0.3, 0.4) is 0 Å². The van der Waals surface area contributed by atoms with Gasteiger partial charge in [0.05, 0.1) is 12.7 Å². The van der Waals surface area contributed by atoms with E-state index in [9.17, 15) is 0 Å². The van der Waals surface area contributed by atoms with E-state index in [1.165, 1.54) is 11.1 Å². The number of hydrogen-bond donors (Lipinski definition) is 0. The van der Waals surface area contributed by atoms with E-state index >= 15 is 0 Å². The molecular weight excluding hydrogens is 208 g/mol. The van der Waals surface area contributed by atoms with Crippen LogP contribution in [0.4, 0.5) is 0 Å². The van der Waals surface area contributed by atoms with Gasteiger partial charge in [-0.1, -0.05) is 61.1 Å². The van der Waals surface area contributed by atoms with Gasteiger partial charge in [-0.25, -0.2) is 0 Å². The molecule has 0 saturated carbocycles. The number of benzene rings is 1. The third-order valence-corrected chi connectivity index (χ3v) is 2.72. The summed E-state index contributed by atoms with van der Waals surface area (Å²) < 4.78 is 5.81. The highest BCUT2D eigenvalue weighted by Crippen LogP contribution is 2.07. The first-order chi connectivity index (χ1) is 8.26. The number of rotatable bonds is 6. The Balaban J connectivity index is 2.49. The third-order valence-electron chi connectivity index (χ3n) is 2.72. The van der Waals surface area contributed by atoms with Gasteiger partial charge in [-0.05, 0) is 25.8 Å². The van der Waals surface area contributed by atoms with Crippen LogP contribution in [-0.4, -0.2) is 12.7 Å². The van der Waals surface area contributed by atoms with Crippen LogP contribution in [0.15, 0.2) is 48.1 Å². The van der Waals surface area contributed by atoms with E-state index in [0.29, 0.717) is 6.61 Å². The van der Waals surface area contributed by atoms with Crippen LogP contribution >= 0.6 is 0 Å². The van der Waals surface area contributed by atoms with Crippen molar-refractivity contribution < 1.29 is 4.74 Å². The summed E-state index contributed by atoms with van der Waals surface area (Å²) in [5.74, 6) is 0. The highest BCUT2D eigenvalue weighted by Gasteiger charge is 2.01. The van der Waals surface area contributed by atoms with Crippen molar-refractivity contribution in [2.75, 3.05) is 6.61 Å². The van der Waals surface area contributed by atoms with E-state index in [4.69, 9.17) is 4.74 Å². The molecule has 0 N–H and O–H groups in total. The van der Waals surface area contributed by atoms with Crippen molar-refractivity contribution in [3.05, 3.63) is 53.6 Å². The highest BCUT2D eigenvalue weighted by molar-refractivity contribution is 5.49. The first-order valence-electron chi connectivity index (χ1n) is 6.23. The van der Waals surface area contributed by atoms with Crippen LogP contribution in [0, 0.1) is 0 Å². The van der Waals surface area contributed by atoms with Crippen LogP contribution in [0.25, 0.3) is 6.08 Å². The van der Waals surface area contributed by atoms with Crippen LogP contribution in [0.5, 0.6) is 0 Å². The molecule has 17 heavy (non-hydrogen) atoms. The Morgan fingerprint density at radius 2 is 2.00 bits per heavy atom. The average molecular weight is 230 g/mol. The predicted octanol–water partition coefficient (Wildman–Crippen LogP) is 4.46. The molecule has 0 spiro atoms. The lowest BCUT2D eigenvalue weighted by atomic mass is 10.1. The van der Waals surface area contributed by atoms with Crippen molar-refractivity contribution in [2.24, 2.45) is 0 Å². The zero-order valence-electron chi connectivity index (χ0n) is 11.0. The van der Waals surface area contributed by atoms with Crippen molar-refractivity contribution in [1.29, 1.82) is 0 Å². The summed E-state index contributed by atoms with van der Waals surface area (Å²) in [4.78, 5) is 0. The lowest BCUT2D eigenvalue weighted by Crippen LogP contribution is -2.09. The van der Waals surface area contributed by atoms with E-state index < -0.39 is 0 Å². The van der Waals surface area contributed by atoms with Gasteiger partial charge in [0, 0.05) is 0 Å². The Kier molecular flexibility index (Phi) is 6.34. The van der Waals surface area contributed by atoms with Gasteiger partial charge < -0.3 is 4.74 Å². The fourth-order valence-corrected chi connectivity index (χ4v) is 1.41. The van der Waals surface area contributed by atoms with E-state index in [2.05, 4.69) is 44.2 Å². The fraction of sp³-hybridized carbons (Fsp3) is 0.375. The topological polar surface area (TPSA) is 9.23 Å². The van der Waals surface area contributed by atoms with Gasteiger partial charge in [0.2, 0.25) is 0 Å². The molecule has 1 atom stereocenters. The van der Waals surface area contributed by atoms with E-state index in [1.807, 2.05) is 25.1 Å². The lowest BCUT2D eigenvalue weighted by Gasteiger charge is -2.12. The molecule has 0 fully saturated rings. The zero-order chi connectivity index (χ0) is 12.5. The molecule has 1 heteroatoms. The SMILES string of the molecule is C/C=C(\C)COC(/C=C/c1ccccc1)CC. The van der Waals surface area contributed by atoms with E-state index in [1.54, 1.807) is 0 Å². The van der Waals surface area contributed by atoms with Gasteiger partial charge in [-0.3, -0.25) is 0 Å². The molecule has 0 amide bonds. The standard InChI is InChI=1S/C16H22O/c1-4-14(3)13-17-16(5-2)12-11-15-9-7-6-8-10-15/h4,6-12,16H,5,13H2,1-3H3/b12-11+,14-4+. The summed E-state index contributed by atoms with van der Waals surface area (Å²) >= 11 is 0. The quantitative estimate of drug-likeness (QED) is 0.655. The van der Waals surface area contributed by atoms with Crippen molar-refractivity contribution in [3.63, 3.8) is 0 Å². The van der Waals surface area contributed by atoms with Gasteiger partial charge in [0.15, 0.2) is 0 Å². The summed E-state index contributed by atoms with van der Waals surface area (Å²) in [5.41, 5.74) is 2.49. The van der Waals surface area contributed by atoms with Gasteiger partial charge in [-0.15, -0.1) is 0 Å². The maximum atomic E-state index is 5.81. The summed E-state index contributed by atoms with van der Waals surface area (Å²) in [7, 11) is 0. The van der Waals surface area contributed by atoms with Crippen molar-refractivity contribution in [3.8, 4) is 0 Å². The Morgan fingerprint density at radius 3 is 2.59 bits per heavy atom. The van der Waals surface area contributed by atoms with Crippen LogP contribution in [0.2, 0.25) is 0 Å². The Hall–Kier alpha value is -1.34. The molecule has 0 heterocycles. The average Bonchev–Trinajstić information content (AvgIpc) is 2.39. The summed E-state index contributed by atoms with van der Waals surface area (Å²) in [6.45, 7) is 6.99. The maximum Gasteiger partial charge on any atom is 0.0760 e. The summed E-state index contributed by atoms with van der Waals surface area (Å²) in [6.07, 6.45) is 7.55. The Morgan fingerprint density at radius 1 is 1.29 bits per heavy atom. The van der Waals surface area contributed by atoms with E-state index in [-0.39, 0.29) is 6.10 Å². The number of hydrogen-bond acceptors (Lipinski definition) is 1. The molecule has 92 valence electrons. The van der Waals surface area contributed by atoms with Gasteiger partial charge in [0.25, 0.3) is 0 Å². The first kappa shape index (κ1) is 13.7. The van der Waals surface area contributed by atoms with Crippen LogP contribution in [-0.2, 0) is 4.74 Å². The molecule has 1 aromatic carbocycles. The highest BCUT2D eigenvalue weighted by atomic mass is 16.5. The van der Waals surface area contributed by atoms with Crippen molar-refractivity contribution in [2.45, 2.75) is 33.3 Å². The Bertz CT molecular complexity index is 362. The molecule has 0 saturated heterocycles. The molecule has 0 aliphatic rings.